The number of rotatable bonds is 4. The molecule has 2 amide bonds. The average molecular weight is 429 g/mol. The monoisotopic (exact) mass is 428 g/mol. The Hall–Kier alpha value is -2.58. The van der Waals surface area contributed by atoms with Crippen molar-refractivity contribution in [2.75, 3.05) is 49.5 Å². The molecule has 0 bridgehead atoms. The summed E-state index contributed by atoms with van der Waals surface area (Å²) in [5, 5.41) is 2.88. The van der Waals surface area contributed by atoms with E-state index < -0.39 is 10.0 Å². The molecule has 2 aliphatic heterocycles. The molecule has 0 aliphatic carbocycles. The van der Waals surface area contributed by atoms with Gasteiger partial charge in [-0.2, -0.15) is 4.31 Å². The van der Waals surface area contributed by atoms with Crippen molar-refractivity contribution >= 4 is 27.4 Å². The van der Waals surface area contributed by atoms with Gasteiger partial charge >= 0.3 is 6.03 Å². The van der Waals surface area contributed by atoms with Crippen molar-refractivity contribution in [2.45, 2.75) is 24.7 Å². The third-order valence-electron chi connectivity index (χ3n) is 5.74. The number of hydrogen-bond acceptors (Lipinski definition) is 4. The van der Waals surface area contributed by atoms with Crippen LogP contribution in [0.25, 0.3) is 0 Å². The van der Waals surface area contributed by atoms with E-state index in [-0.39, 0.29) is 10.9 Å². The molecule has 1 N–H and O–H groups in total. The van der Waals surface area contributed by atoms with E-state index in [2.05, 4.69) is 41.4 Å². The number of sulfonamides is 1. The minimum absolute atomic E-state index is 0.158. The van der Waals surface area contributed by atoms with E-state index in [1.807, 2.05) is 0 Å². The molecule has 160 valence electrons. The minimum atomic E-state index is -3.44. The molecular formula is C22H28N4O3S. The normalized spacial score (nSPS) is 17.9. The fourth-order valence-electron chi connectivity index (χ4n) is 3.98. The quantitative estimate of drug-likeness (QED) is 0.812. The first-order valence-electron chi connectivity index (χ1n) is 10.4. The molecule has 2 aliphatic rings. The first kappa shape index (κ1) is 20.7. The van der Waals surface area contributed by atoms with Crippen LogP contribution in [0.4, 0.5) is 16.2 Å². The summed E-state index contributed by atoms with van der Waals surface area (Å²) in [6.45, 7) is 6.08. The summed E-state index contributed by atoms with van der Waals surface area (Å²) < 4.78 is 26.7. The van der Waals surface area contributed by atoms with Crippen molar-refractivity contribution in [1.29, 1.82) is 0 Å². The summed E-state index contributed by atoms with van der Waals surface area (Å²) in [4.78, 5) is 17.0. The smallest absolute Gasteiger partial charge is 0.321 e. The number of nitrogens with one attached hydrogen (secondary N) is 1. The Kier molecular flexibility index (Phi) is 5.97. The number of piperazine rings is 1. The highest BCUT2D eigenvalue weighted by Gasteiger charge is 2.27. The van der Waals surface area contributed by atoms with Crippen molar-refractivity contribution in [3.05, 3.63) is 54.1 Å². The fraction of sp³-hybridized carbons (Fsp3) is 0.409. The Balaban J connectivity index is 1.33. The van der Waals surface area contributed by atoms with Gasteiger partial charge in [-0.05, 0) is 61.7 Å². The molecule has 4 rings (SSSR count). The molecule has 2 saturated heterocycles. The molecule has 7 nitrogen and oxygen atoms in total. The highest BCUT2D eigenvalue weighted by Crippen LogP contribution is 2.23. The van der Waals surface area contributed by atoms with Gasteiger partial charge in [0.05, 0.1) is 4.90 Å². The second kappa shape index (κ2) is 8.65. The Morgan fingerprint density at radius 2 is 1.57 bits per heavy atom. The topological polar surface area (TPSA) is 73.0 Å². The second-order valence-electron chi connectivity index (χ2n) is 7.88. The van der Waals surface area contributed by atoms with E-state index in [0.717, 1.165) is 25.9 Å². The van der Waals surface area contributed by atoms with Crippen LogP contribution in [0, 0.1) is 6.92 Å². The number of aryl methyl sites for hydroxylation is 1. The van der Waals surface area contributed by atoms with Gasteiger partial charge in [0.25, 0.3) is 0 Å². The summed E-state index contributed by atoms with van der Waals surface area (Å²) in [6.07, 6.45) is 1.81. The standard InChI is InChI=1S/C22H28N4O3S/c1-18-5-4-6-20(17-18)24-13-15-25(16-14-24)22(27)23-19-7-9-21(10-8-19)30(28,29)26-11-2-3-12-26/h4-10,17H,2-3,11-16H2,1H3,(H,23,27). The van der Waals surface area contributed by atoms with Crippen molar-refractivity contribution < 1.29 is 13.2 Å². The molecule has 2 aromatic rings. The number of nitrogens with zero attached hydrogens (tertiary/aromatic N) is 3. The first-order valence-corrected chi connectivity index (χ1v) is 11.9. The van der Waals surface area contributed by atoms with Crippen molar-refractivity contribution in [2.24, 2.45) is 0 Å². The number of amides is 2. The lowest BCUT2D eigenvalue weighted by atomic mass is 10.2. The Bertz CT molecular complexity index is 993. The van der Waals surface area contributed by atoms with Crippen molar-refractivity contribution in [3.8, 4) is 0 Å². The van der Waals surface area contributed by atoms with Gasteiger partial charge in [-0.3, -0.25) is 0 Å². The van der Waals surface area contributed by atoms with Gasteiger partial charge < -0.3 is 15.1 Å². The number of carbonyl (C=O) groups is 1. The van der Waals surface area contributed by atoms with E-state index in [4.69, 9.17) is 0 Å². The SMILES string of the molecule is Cc1cccc(N2CCN(C(=O)Nc3ccc(S(=O)(=O)N4CCCC4)cc3)CC2)c1. The first-order chi connectivity index (χ1) is 14.4. The van der Waals surface area contributed by atoms with Crippen LogP contribution >= 0.6 is 0 Å². The lowest BCUT2D eigenvalue weighted by Crippen LogP contribution is -2.50. The molecule has 0 unspecified atom stereocenters. The van der Waals surface area contributed by atoms with Crippen LogP contribution in [0.5, 0.6) is 0 Å². The summed E-state index contributed by atoms with van der Waals surface area (Å²) in [6, 6.07) is 14.7. The van der Waals surface area contributed by atoms with E-state index in [9.17, 15) is 13.2 Å². The van der Waals surface area contributed by atoms with E-state index in [1.54, 1.807) is 29.2 Å². The maximum absolute atomic E-state index is 12.6. The highest BCUT2D eigenvalue weighted by molar-refractivity contribution is 7.89. The lowest BCUT2D eigenvalue weighted by molar-refractivity contribution is 0.208. The van der Waals surface area contributed by atoms with Crippen molar-refractivity contribution in [3.63, 3.8) is 0 Å². The lowest BCUT2D eigenvalue weighted by Gasteiger charge is -2.36. The van der Waals surface area contributed by atoms with Crippen LogP contribution in [0.1, 0.15) is 18.4 Å². The maximum Gasteiger partial charge on any atom is 0.321 e. The van der Waals surface area contributed by atoms with Gasteiger partial charge in [-0.25, -0.2) is 13.2 Å². The van der Waals surface area contributed by atoms with E-state index >= 15 is 0 Å². The third kappa shape index (κ3) is 4.44. The van der Waals surface area contributed by atoms with Gasteiger partial charge in [-0.15, -0.1) is 0 Å². The maximum atomic E-state index is 12.6. The number of benzene rings is 2. The average Bonchev–Trinajstić information content (AvgIpc) is 3.30. The largest absolute Gasteiger partial charge is 0.368 e. The fourth-order valence-corrected chi connectivity index (χ4v) is 5.50. The number of hydrogen-bond donors (Lipinski definition) is 1. The van der Waals surface area contributed by atoms with Crippen LogP contribution in [0.3, 0.4) is 0 Å². The van der Waals surface area contributed by atoms with Gasteiger partial charge in [0.15, 0.2) is 0 Å². The molecule has 0 atom stereocenters. The van der Waals surface area contributed by atoms with Gasteiger partial charge in [0.2, 0.25) is 10.0 Å². The molecule has 0 radical (unpaired) electrons. The Morgan fingerprint density at radius 1 is 0.900 bits per heavy atom. The molecular weight excluding hydrogens is 400 g/mol. The summed E-state index contributed by atoms with van der Waals surface area (Å²) in [5.74, 6) is 0. The molecule has 2 aromatic carbocycles. The Labute approximate surface area is 178 Å². The zero-order valence-electron chi connectivity index (χ0n) is 17.3. The number of anilines is 2. The molecule has 30 heavy (non-hydrogen) atoms. The minimum Gasteiger partial charge on any atom is -0.368 e. The van der Waals surface area contributed by atoms with Crippen LogP contribution in [0.2, 0.25) is 0 Å². The van der Waals surface area contributed by atoms with Crippen LogP contribution in [-0.2, 0) is 10.0 Å². The molecule has 0 saturated carbocycles. The zero-order valence-corrected chi connectivity index (χ0v) is 18.1. The molecule has 2 heterocycles. The van der Waals surface area contributed by atoms with Crippen molar-refractivity contribution in [1.82, 2.24) is 9.21 Å². The molecule has 2 fully saturated rings. The van der Waals surface area contributed by atoms with Gasteiger partial charge in [-0.1, -0.05) is 12.1 Å². The van der Waals surface area contributed by atoms with Gasteiger partial charge in [0.1, 0.15) is 0 Å². The summed E-state index contributed by atoms with van der Waals surface area (Å²) in [7, 11) is -3.44. The van der Waals surface area contributed by atoms with Crippen LogP contribution in [-0.4, -0.2) is 62.9 Å². The second-order valence-corrected chi connectivity index (χ2v) is 9.82. The molecule has 0 spiro atoms. The number of urea groups is 1. The predicted molar refractivity (Wildman–Crippen MR) is 118 cm³/mol. The zero-order chi connectivity index (χ0) is 21.1. The third-order valence-corrected chi connectivity index (χ3v) is 7.65. The van der Waals surface area contributed by atoms with Crippen LogP contribution in [0.15, 0.2) is 53.4 Å². The predicted octanol–water partition coefficient (Wildman–Crippen LogP) is 3.13. The number of carbonyl (C=O) groups excluding carboxylic acids is 1. The molecule has 0 aromatic heterocycles. The highest BCUT2D eigenvalue weighted by atomic mass is 32.2. The summed E-state index contributed by atoms with van der Waals surface area (Å²) in [5.41, 5.74) is 3.01. The van der Waals surface area contributed by atoms with Gasteiger partial charge in [0, 0.05) is 50.6 Å². The van der Waals surface area contributed by atoms with E-state index in [0.29, 0.717) is 31.9 Å². The summed E-state index contributed by atoms with van der Waals surface area (Å²) >= 11 is 0. The Morgan fingerprint density at radius 3 is 2.20 bits per heavy atom. The van der Waals surface area contributed by atoms with Crippen LogP contribution < -0.4 is 10.2 Å². The van der Waals surface area contributed by atoms with E-state index in [1.165, 1.54) is 15.6 Å². The molecule has 8 heteroatoms.